The van der Waals surface area contributed by atoms with Gasteiger partial charge in [0, 0.05) is 23.9 Å². The monoisotopic (exact) mass is 298 g/mol. The van der Waals surface area contributed by atoms with E-state index in [1.165, 1.54) is 11.3 Å². The van der Waals surface area contributed by atoms with E-state index in [1.54, 1.807) is 18.4 Å². The van der Waals surface area contributed by atoms with Crippen molar-refractivity contribution in [3.05, 3.63) is 22.4 Å². The second kappa shape index (κ2) is 8.31. The third-order valence-electron chi connectivity index (χ3n) is 2.69. The summed E-state index contributed by atoms with van der Waals surface area (Å²) in [7, 11) is 0. The number of carboxylic acids is 1. The number of hydrogen-bond donors (Lipinski definition) is 3. The van der Waals surface area contributed by atoms with Crippen molar-refractivity contribution in [3.8, 4) is 0 Å². The molecular formula is C13H18N2O4S. The highest BCUT2D eigenvalue weighted by atomic mass is 32.1. The van der Waals surface area contributed by atoms with E-state index in [2.05, 4.69) is 10.6 Å². The minimum absolute atomic E-state index is 0.163. The summed E-state index contributed by atoms with van der Waals surface area (Å²) in [4.78, 5) is 33.8. The number of nitrogens with one attached hydrogen (secondary N) is 2. The van der Waals surface area contributed by atoms with Crippen LogP contribution in [0.2, 0.25) is 0 Å². The second-order valence-electron chi connectivity index (χ2n) is 4.24. The number of carboxylic acid groups (broad SMARTS) is 1. The zero-order valence-corrected chi connectivity index (χ0v) is 12.0. The van der Waals surface area contributed by atoms with E-state index in [4.69, 9.17) is 5.11 Å². The first-order valence-electron chi connectivity index (χ1n) is 6.37. The van der Waals surface area contributed by atoms with Gasteiger partial charge in [0.25, 0.3) is 5.91 Å². The molecule has 0 aromatic carbocycles. The summed E-state index contributed by atoms with van der Waals surface area (Å²) < 4.78 is 0. The molecule has 0 fully saturated rings. The third-order valence-corrected chi connectivity index (χ3v) is 3.37. The maximum Gasteiger partial charge on any atom is 0.326 e. The molecule has 1 aromatic heterocycles. The van der Waals surface area contributed by atoms with Crippen molar-refractivity contribution >= 4 is 29.1 Å². The van der Waals surface area contributed by atoms with Crippen LogP contribution in [0.3, 0.4) is 0 Å². The van der Waals surface area contributed by atoms with Gasteiger partial charge in [0.2, 0.25) is 5.91 Å². The van der Waals surface area contributed by atoms with Gasteiger partial charge < -0.3 is 15.7 Å². The van der Waals surface area contributed by atoms with Crippen LogP contribution in [0.5, 0.6) is 0 Å². The van der Waals surface area contributed by atoms with Crippen molar-refractivity contribution in [2.45, 2.75) is 32.2 Å². The van der Waals surface area contributed by atoms with E-state index in [0.29, 0.717) is 24.9 Å². The molecule has 0 aliphatic rings. The zero-order valence-electron chi connectivity index (χ0n) is 11.2. The van der Waals surface area contributed by atoms with Crippen LogP contribution in [-0.4, -0.2) is 35.5 Å². The molecular weight excluding hydrogens is 280 g/mol. The van der Waals surface area contributed by atoms with Gasteiger partial charge in [-0.2, -0.15) is 11.3 Å². The van der Waals surface area contributed by atoms with E-state index in [9.17, 15) is 14.4 Å². The predicted molar refractivity (Wildman–Crippen MR) is 75.7 cm³/mol. The predicted octanol–water partition coefficient (Wildman–Crippen LogP) is 1.24. The van der Waals surface area contributed by atoms with Crippen molar-refractivity contribution < 1.29 is 19.5 Å². The standard InChI is InChI=1S/C13H18N2O4S/c1-2-10(13(18)19)15-11(16)4-3-6-14-12(17)9-5-7-20-8-9/h5,7-8,10H,2-4,6H2,1H3,(H,14,17)(H,15,16)(H,18,19). The molecule has 1 rings (SSSR count). The van der Waals surface area contributed by atoms with Crippen LogP contribution in [0.4, 0.5) is 0 Å². The maximum absolute atomic E-state index is 11.6. The largest absolute Gasteiger partial charge is 0.480 e. The van der Waals surface area contributed by atoms with Gasteiger partial charge >= 0.3 is 5.97 Å². The number of aliphatic carboxylic acids is 1. The lowest BCUT2D eigenvalue weighted by atomic mass is 10.2. The molecule has 0 spiro atoms. The highest BCUT2D eigenvalue weighted by molar-refractivity contribution is 7.08. The smallest absolute Gasteiger partial charge is 0.326 e. The van der Waals surface area contributed by atoms with Crippen LogP contribution in [0.15, 0.2) is 16.8 Å². The molecule has 0 saturated heterocycles. The highest BCUT2D eigenvalue weighted by Gasteiger charge is 2.16. The van der Waals surface area contributed by atoms with Crippen molar-refractivity contribution in [2.24, 2.45) is 0 Å². The Morgan fingerprint density at radius 3 is 2.70 bits per heavy atom. The van der Waals surface area contributed by atoms with Crippen molar-refractivity contribution in [3.63, 3.8) is 0 Å². The lowest BCUT2D eigenvalue weighted by Crippen LogP contribution is -2.40. The number of amides is 2. The van der Waals surface area contributed by atoms with Gasteiger partial charge in [-0.3, -0.25) is 9.59 Å². The average Bonchev–Trinajstić information content (AvgIpc) is 2.94. The molecule has 0 radical (unpaired) electrons. The highest BCUT2D eigenvalue weighted by Crippen LogP contribution is 2.05. The van der Waals surface area contributed by atoms with Crippen molar-refractivity contribution in [1.82, 2.24) is 10.6 Å². The lowest BCUT2D eigenvalue weighted by molar-refractivity contribution is -0.141. The Labute approximate surface area is 121 Å². The fraction of sp³-hybridized carbons (Fsp3) is 0.462. The lowest BCUT2D eigenvalue weighted by Gasteiger charge is -2.12. The molecule has 3 N–H and O–H groups in total. The number of thiophene rings is 1. The Morgan fingerprint density at radius 2 is 2.15 bits per heavy atom. The van der Waals surface area contributed by atoms with Crippen LogP contribution in [0.25, 0.3) is 0 Å². The van der Waals surface area contributed by atoms with Gasteiger partial charge in [-0.1, -0.05) is 6.92 Å². The Balaban J connectivity index is 2.19. The molecule has 0 aliphatic carbocycles. The van der Waals surface area contributed by atoms with Crippen LogP contribution in [-0.2, 0) is 9.59 Å². The SMILES string of the molecule is CCC(NC(=O)CCCNC(=O)c1ccsc1)C(=O)O. The molecule has 2 amide bonds. The van der Waals surface area contributed by atoms with E-state index in [0.717, 1.165) is 0 Å². The van der Waals surface area contributed by atoms with Crippen LogP contribution in [0, 0.1) is 0 Å². The maximum atomic E-state index is 11.6. The quantitative estimate of drug-likeness (QED) is 0.629. The Bertz CT molecular complexity index is 459. The molecule has 1 aromatic rings. The molecule has 0 saturated carbocycles. The van der Waals surface area contributed by atoms with Gasteiger partial charge in [0.1, 0.15) is 6.04 Å². The minimum Gasteiger partial charge on any atom is -0.480 e. The minimum atomic E-state index is -1.04. The normalized spacial score (nSPS) is 11.7. The summed E-state index contributed by atoms with van der Waals surface area (Å²) >= 11 is 1.44. The molecule has 1 atom stereocenters. The molecule has 0 aliphatic heterocycles. The van der Waals surface area contributed by atoms with Crippen LogP contribution < -0.4 is 10.6 Å². The molecule has 0 bridgehead atoms. The van der Waals surface area contributed by atoms with E-state index < -0.39 is 12.0 Å². The third kappa shape index (κ3) is 5.40. The summed E-state index contributed by atoms with van der Waals surface area (Å²) in [5, 5.41) is 17.5. The molecule has 7 heteroatoms. The van der Waals surface area contributed by atoms with Gasteiger partial charge in [-0.05, 0) is 24.3 Å². The molecule has 1 heterocycles. The Morgan fingerprint density at radius 1 is 1.40 bits per heavy atom. The first kappa shape index (κ1) is 16.2. The van der Waals surface area contributed by atoms with Gasteiger partial charge in [0.05, 0.1) is 0 Å². The van der Waals surface area contributed by atoms with Gasteiger partial charge in [0.15, 0.2) is 0 Å². The summed E-state index contributed by atoms with van der Waals surface area (Å²) in [6, 6.07) is 0.883. The van der Waals surface area contributed by atoms with E-state index in [1.807, 2.05) is 5.38 Å². The topological polar surface area (TPSA) is 95.5 Å². The molecule has 6 nitrogen and oxygen atoms in total. The Hall–Kier alpha value is -1.89. The number of carbonyl (C=O) groups is 3. The number of rotatable bonds is 8. The number of carbonyl (C=O) groups excluding carboxylic acids is 2. The van der Waals surface area contributed by atoms with E-state index in [-0.39, 0.29) is 18.2 Å². The van der Waals surface area contributed by atoms with E-state index >= 15 is 0 Å². The summed E-state index contributed by atoms with van der Waals surface area (Å²) in [5.41, 5.74) is 0.608. The first-order valence-corrected chi connectivity index (χ1v) is 7.31. The van der Waals surface area contributed by atoms with Crippen LogP contribution in [0.1, 0.15) is 36.5 Å². The van der Waals surface area contributed by atoms with Gasteiger partial charge in [-0.25, -0.2) is 4.79 Å². The second-order valence-corrected chi connectivity index (χ2v) is 5.02. The van der Waals surface area contributed by atoms with Gasteiger partial charge in [-0.15, -0.1) is 0 Å². The fourth-order valence-electron chi connectivity index (χ4n) is 1.55. The summed E-state index contributed by atoms with van der Waals surface area (Å²) in [6.07, 6.45) is 1.00. The summed E-state index contributed by atoms with van der Waals surface area (Å²) in [5.74, 6) is -1.51. The Kier molecular flexibility index (Phi) is 6.72. The van der Waals surface area contributed by atoms with Crippen molar-refractivity contribution in [1.29, 1.82) is 0 Å². The molecule has 1 unspecified atom stereocenters. The molecule has 20 heavy (non-hydrogen) atoms. The van der Waals surface area contributed by atoms with Crippen LogP contribution >= 0.6 is 11.3 Å². The first-order chi connectivity index (χ1) is 9.54. The summed E-state index contributed by atoms with van der Waals surface area (Å²) in [6.45, 7) is 2.08. The number of hydrogen-bond acceptors (Lipinski definition) is 4. The average molecular weight is 298 g/mol. The fourth-order valence-corrected chi connectivity index (χ4v) is 2.19. The van der Waals surface area contributed by atoms with Crippen molar-refractivity contribution in [2.75, 3.05) is 6.54 Å². The zero-order chi connectivity index (χ0) is 15.0. The molecule has 110 valence electrons.